The van der Waals surface area contributed by atoms with Crippen molar-refractivity contribution in [1.29, 1.82) is 5.26 Å². The van der Waals surface area contributed by atoms with E-state index >= 15 is 0 Å². The molecule has 0 spiro atoms. The number of ether oxygens (including phenoxy) is 2. The number of esters is 1. The summed E-state index contributed by atoms with van der Waals surface area (Å²) in [6, 6.07) is 14.5. The molecule has 4 nitrogen and oxygen atoms in total. The molecule has 6 heteroatoms. The van der Waals surface area contributed by atoms with Gasteiger partial charge in [0.25, 0.3) is 0 Å². The van der Waals surface area contributed by atoms with Crippen LogP contribution in [0.15, 0.2) is 54.6 Å². The number of benzene rings is 2. The number of hydrogen-bond donors (Lipinski definition) is 0. The Morgan fingerprint density at radius 1 is 1.12 bits per heavy atom. The van der Waals surface area contributed by atoms with Crippen molar-refractivity contribution < 1.29 is 23.0 Å². The maximum absolute atomic E-state index is 12.0. The van der Waals surface area contributed by atoms with E-state index in [0.717, 1.165) is 5.56 Å². The Morgan fingerprint density at radius 3 is 2.38 bits per heavy atom. The fourth-order valence-electron chi connectivity index (χ4n) is 1.80. The zero-order valence-electron chi connectivity index (χ0n) is 12.5. The quantitative estimate of drug-likeness (QED) is 0.595. The minimum absolute atomic E-state index is 0.0468. The van der Waals surface area contributed by atoms with Crippen molar-refractivity contribution in [3.8, 4) is 11.8 Å². The van der Waals surface area contributed by atoms with Crippen LogP contribution < -0.4 is 4.74 Å². The summed E-state index contributed by atoms with van der Waals surface area (Å²) in [7, 11) is 0. The molecule has 0 bridgehead atoms. The number of carbonyl (C=O) groups excluding carboxylic acids is 1. The number of alkyl halides is 2. The lowest BCUT2D eigenvalue weighted by atomic mass is 10.2. The van der Waals surface area contributed by atoms with E-state index in [0.29, 0.717) is 11.1 Å². The molecule has 0 aromatic heterocycles. The number of nitriles is 1. The summed E-state index contributed by atoms with van der Waals surface area (Å²) >= 11 is 0. The van der Waals surface area contributed by atoms with Gasteiger partial charge in [0.05, 0.1) is 11.6 Å². The number of hydrogen-bond acceptors (Lipinski definition) is 4. The summed E-state index contributed by atoms with van der Waals surface area (Å²) in [5.74, 6) is -0.488. The third-order valence-corrected chi connectivity index (χ3v) is 2.98. The molecule has 2 rings (SSSR count). The van der Waals surface area contributed by atoms with Crippen LogP contribution in [0.1, 0.15) is 16.7 Å². The normalized spacial score (nSPS) is 10.6. The van der Waals surface area contributed by atoms with Crippen molar-refractivity contribution in [2.24, 2.45) is 0 Å². The van der Waals surface area contributed by atoms with Crippen LogP contribution in [0.3, 0.4) is 0 Å². The highest BCUT2D eigenvalue weighted by atomic mass is 19.3. The zero-order valence-corrected chi connectivity index (χ0v) is 12.5. The minimum atomic E-state index is -2.87. The largest absolute Gasteiger partial charge is 0.458 e. The highest BCUT2D eigenvalue weighted by Gasteiger charge is 2.03. The van der Waals surface area contributed by atoms with Crippen LogP contribution >= 0.6 is 0 Å². The first-order chi connectivity index (χ1) is 11.6. The molecule has 0 saturated carbocycles. The van der Waals surface area contributed by atoms with Crippen LogP contribution in [0.2, 0.25) is 0 Å². The summed E-state index contributed by atoms with van der Waals surface area (Å²) < 4.78 is 33.4. The van der Waals surface area contributed by atoms with E-state index in [1.807, 2.05) is 6.07 Å². The molecule has 0 aliphatic heterocycles. The van der Waals surface area contributed by atoms with Gasteiger partial charge in [-0.25, -0.2) is 4.79 Å². The van der Waals surface area contributed by atoms with Gasteiger partial charge in [-0.05, 0) is 41.5 Å². The molecule has 2 aromatic carbocycles. The van der Waals surface area contributed by atoms with E-state index in [2.05, 4.69) is 4.74 Å². The second-order valence-electron chi connectivity index (χ2n) is 4.70. The van der Waals surface area contributed by atoms with Crippen molar-refractivity contribution in [1.82, 2.24) is 0 Å². The number of carbonyl (C=O) groups is 1. The first-order valence-electron chi connectivity index (χ1n) is 6.95. The Hall–Kier alpha value is -3.20. The molecule has 0 aliphatic carbocycles. The van der Waals surface area contributed by atoms with E-state index in [9.17, 15) is 13.6 Å². The van der Waals surface area contributed by atoms with E-state index in [1.54, 1.807) is 36.4 Å². The van der Waals surface area contributed by atoms with Crippen LogP contribution in [0.5, 0.6) is 5.75 Å². The van der Waals surface area contributed by atoms with E-state index in [-0.39, 0.29) is 12.4 Å². The fraction of sp³-hybridized carbons (Fsp3) is 0.111. The second-order valence-corrected chi connectivity index (χ2v) is 4.70. The van der Waals surface area contributed by atoms with Crippen LogP contribution in [-0.4, -0.2) is 12.6 Å². The molecule has 0 radical (unpaired) electrons. The molecule has 2 aromatic rings. The van der Waals surface area contributed by atoms with E-state index in [4.69, 9.17) is 10.00 Å². The monoisotopic (exact) mass is 329 g/mol. The van der Waals surface area contributed by atoms with Gasteiger partial charge in [0.2, 0.25) is 0 Å². The third kappa shape index (κ3) is 5.54. The predicted molar refractivity (Wildman–Crippen MR) is 83.1 cm³/mol. The van der Waals surface area contributed by atoms with Crippen LogP contribution in [0.25, 0.3) is 6.08 Å². The molecule has 0 heterocycles. The number of rotatable bonds is 6. The van der Waals surface area contributed by atoms with Crippen molar-refractivity contribution in [2.45, 2.75) is 13.2 Å². The Morgan fingerprint density at radius 2 is 1.79 bits per heavy atom. The van der Waals surface area contributed by atoms with Gasteiger partial charge in [0.1, 0.15) is 12.4 Å². The Kier molecular flexibility index (Phi) is 6.03. The number of nitrogens with zero attached hydrogens (tertiary/aromatic N) is 1. The lowest BCUT2D eigenvalue weighted by Crippen LogP contribution is -2.01. The van der Waals surface area contributed by atoms with E-state index in [1.165, 1.54) is 24.3 Å². The van der Waals surface area contributed by atoms with Crippen molar-refractivity contribution in [3.05, 3.63) is 71.3 Å². The molecular weight excluding hydrogens is 316 g/mol. The molecule has 0 aliphatic rings. The van der Waals surface area contributed by atoms with E-state index < -0.39 is 12.6 Å². The maximum Gasteiger partial charge on any atom is 0.387 e. The minimum Gasteiger partial charge on any atom is -0.458 e. The van der Waals surface area contributed by atoms with Gasteiger partial charge in [0, 0.05) is 6.08 Å². The molecule has 0 unspecified atom stereocenters. The lowest BCUT2D eigenvalue weighted by molar-refractivity contribution is -0.138. The Balaban J connectivity index is 1.84. The highest BCUT2D eigenvalue weighted by molar-refractivity contribution is 5.87. The smallest absolute Gasteiger partial charge is 0.387 e. The van der Waals surface area contributed by atoms with Gasteiger partial charge in [-0.1, -0.05) is 24.3 Å². The van der Waals surface area contributed by atoms with Gasteiger partial charge in [-0.3, -0.25) is 0 Å². The Labute approximate surface area is 137 Å². The van der Waals surface area contributed by atoms with Crippen molar-refractivity contribution in [3.63, 3.8) is 0 Å². The summed E-state index contributed by atoms with van der Waals surface area (Å²) in [6.45, 7) is -2.78. The predicted octanol–water partition coefficient (Wildman–Crippen LogP) is 3.92. The fourth-order valence-corrected chi connectivity index (χ4v) is 1.80. The van der Waals surface area contributed by atoms with Gasteiger partial charge in [-0.2, -0.15) is 14.0 Å². The Bertz CT molecular complexity index is 747. The van der Waals surface area contributed by atoms with Gasteiger partial charge in [0.15, 0.2) is 0 Å². The molecule has 0 N–H and O–H groups in total. The highest BCUT2D eigenvalue weighted by Crippen LogP contribution is 2.15. The standard InChI is InChI=1S/C18H13F2NO3/c19-18(20)24-16-8-5-13(6-9-16)7-10-17(22)23-12-15-3-1-14(11-21)2-4-15/h1-10,18H,12H2/b10-7+. The lowest BCUT2D eigenvalue weighted by Gasteiger charge is -2.04. The van der Waals surface area contributed by atoms with Crippen molar-refractivity contribution >= 4 is 12.0 Å². The summed E-state index contributed by atoms with van der Waals surface area (Å²) in [4.78, 5) is 11.6. The second kappa shape index (κ2) is 8.44. The van der Waals surface area contributed by atoms with Gasteiger partial charge < -0.3 is 9.47 Å². The molecule has 0 fully saturated rings. The molecule has 24 heavy (non-hydrogen) atoms. The maximum atomic E-state index is 12.0. The summed E-state index contributed by atoms with van der Waals surface area (Å²) in [5, 5.41) is 8.70. The average Bonchev–Trinajstić information content (AvgIpc) is 2.59. The first-order valence-corrected chi connectivity index (χ1v) is 6.95. The topological polar surface area (TPSA) is 59.3 Å². The summed E-state index contributed by atoms with van der Waals surface area (Å²) in [5.41, 5.74) is 1.94. The van der Waals surface area contributed by atoms with Crippen LogP contribution in [0, 0.1) is 11.3 Å². The number of halogens is 2. The molecule has 0 amide bonds. The molecule has 122 valence electrons. The zero-order chi connectivity index (χ0) is 17.4. The van der Waals surface area contributed by atoms with Crippen LogP contribution in [0.4, 0.5) is 8.78 Å². The van der Waals surface area contributed by atoms with Crippen molar-refractivity contribution in [2.75, 3.05) is 0 Å². The molecule has 0 saturated heterocycles. The molecule has 0 atom stereocenters. The van der Waals surface area contributed by atoms with Crippen LogP contribution in [-0.2, 0) is 16.1 Å². The summed E-state index contributed by atoms with van der Waals surface area (Å²) in [6.07, 6.45) is 2.75. The average molecular weight is 329 g/mol. The SMILES string of the molecule is N#Cc1ccc(COC(=O)/C=C/c2ccc(OC(F)F)cc2)cc1. The first kappa shape index (κ1) is 17.2. The third-order valence-electron chi connectivity index (χ3n) is 2.98. The molecular formula is C18H13F2NO3. The van der Waals surface area contributed by atoms with Gasteiger partial charge >= 0.3 is 12.6 Å². The van der Waals surface area contributed by atoms with Gasteiger partial charge in [-0.15, -0.1) is 0 Å².